The number of benzene rings is 1. The quantitative estimate of drug-likeness (QED) is 0.782. The molecule has 0 radical (unpaired) electrons. The first-order valence-corrected chi connectivity index (χ1v) is 5.99. The van der Waals surface area contributed by atoms with Crippen molar-refractivity contribution in [2.75, 3.05) is 7.11 Å². The van der Waals surface area contributed by atoms with Crippen LogP contribution in [0.5, 0.6) is 5.88 Å². The van der Waals surface area contributed by atoms with Gasteiger partial charge in [-0.2, -0.15) is 0 Å². The van der Waals surface area contributed by atoms with Gasteiger partial charge in [-0.15, -0.1) is 0 Å². The van der Waals surface area contributed by atoms with Crippen LogP contribution in [0.2, 0.25) is 0 Å². The number of aromatic nitrogens is 1. The zero-order chi connectivity index (χ0) is 11.7. The molecule has 1 aromatic carbocycles. The Balaban J connectivity index is 2.03. The van der Waals surface area contributed by atoms with Crippen LogP contribution in [0.15, 0.2) is 36.5 Å². The minimum atomic E-state index is 0.669. The molecule has 0 saturated carbocycles. The van der Waals surface area contributed by atoms with Crippen LogP contribution in [0.3, 0.4) is 0 Å². The molecule has 17 heavy (non-hydrogen) atoms. The summed E-state index contributed by atoms with van der Waals surface area (Å²) in [7, 11) is 1.65. The van der Waals surface area contributed by atoms with Crippen LogP contribution >= 0.6 is 0 Å². The highest BCUT2D eigenvalue weighted by Gasteiger charge is 2.11. The minimum absolute atomic E-state index is 0.669. The van der Waals surface area contributed by atoms with E-state index in [2.05, 4.69) is 23.2 Å². The predicted molar refractivity (Wildman–Crippen MR) is 68.3 cm³/mol. The largest absolute Gasteiger partial charge is 0.481 e. The lowest BCUT2D eigenvalue weighted by Crippen LogP contribution is -1.89. The molecule has 0 unspecified atom stereocenters. The van der Waals surface area contributed by atoms with E-state index < -0.39 is 0 Å². The Morgan fingerprint density at radius 3 is 2.71 bits per heavy atom. The normalized spacial score (nSPS) is 13.5. The standard InChI is InChI=1S/C15H15NO/c1-17-15-10-14(7-8-16-15)13-6-5-11-3-2-4-12(11)9-13/h5-10H,2-4H2,1H3. The molecule has 0 bridgehead atoms. The first kappa shape index (κ1) is 10.3. The summed E-state index contributed by atoms with van der Waals surface area (Å²) in [6.07, 6.45) is 5.53. The van der Waals surface area contributed by atoms with Gasteiger partial charge in [0.2, 0.25) is 5.88 Å². The van der Waals surface area contributed by atoms with E-state index in [1.54, 1.807) is 13.3 Å². The van der Waals surface area contributed by atoms with Gasteiger partial charge < -0.3 is 4.74 Å². The van der Waals surface area contributed by atoms with Gasteiger partial charge in [-0.3, -0.25) is 0 Å². The average Bonchev–Trinajstić information content (AvgIpc) is 2.86. The van der Waals surface area contributed by atoms with E-state index in [0.29, 0.717) is 5.88 Å². The second kappa shape index (κ2) is 4.21. The summed E-state index contributed by atoms with van der Waals surface area (Å²) >= 11 is 0. The van der Waals surface area contributed by atoms with Crippen LogP contribution in [0, 0.1) is 0 Å². The summed E-state index contributed by atoms with van der Waals surface area (Å²) in [6, 6.07) is 10.8. The summed E-state index contributed by atoms with van der Waals surface area (Å²) in [4.78, 5) is 4.13. The van der Waals surface area contributed by atoms with Crippen LogP contribution in [0.1, 0.15) is 17.5 Å². The Bertz CT molecular complexity index is 548. The van der Waals surface area contributed by atoms with Gasteiger partial charge in [-0.25, -0.2) is 4.98 Å². The molecule has 1 aliphatic rings. The molecule has 1 heterocycles. The van der Waals surface area contributed by atoms with Crippen LogP contribution in [0.25, 0.3) is 11.1 Å². The second-order valence-electron chi connectivity index (χ2n) is 4.42. The van der Waals surface area contributed by atoms with Crippen molar-refractivity contribution in [1.82, 2.24) is 4.98 Å². The Morgan fingerprint density at radius 1 is 1.00 bits per heavy atom. The Labute approximate surface area is 101 Å². The smallest absolute Gasteiger partial charge is 0.213 e. The maximum absolute atomic E-state index is 5.16. The van der Waals surface area contributed by atoms with E-state index in [-0.39, 0.29) is 0 Å². The fourth-order valence-corrected chi connectivity index (χ4v) is 2.45. The Morgan fingerprint density at radius 2 is 1.82 bits per heavy atom. The number of hydrogen-bond acceptors (Lipinski definition) is 2. The van der Waals surface area contributed by atoms with Crippen LogP contribution in [-0.2, 0) is 12.8 Å². The Hall–Kier alpha value is -1.83. The molecule has 0 amide bonds. The van der Waals surface area contributed by atoms with Crippen LogP contribution < -0.4 is 4.74 Å². The van der Waals surface area contributed by atoms with E-state index in [0.717, 1.165) is 0 Å². The molecule has 0 atom stereocenters. The molecule has 1 aliphatic carbocycles. The third-order valence-electron chi connectivity index (χ3n) is 3.38. The summed E-state index contributed by atoms with van der Waals surface area (Å²) in [5, 5.41) is 0. The number of pyridine rings is 1. The van der Waals surface area contributed by atoms with Gasteiger partial charge in [0, 0.05) is 12.3 Å². The lowest BCUT2D eigenvalue weighted by molar-refractivity contribution is 0.398. The number of fused-ring (bicyclic) bond motifs is 1. The van der Waals surface area contributed by atoms with Gasteiger partial charge in [0.25, 0.3) is 0 Å². The predicted octanol–water partition coefficient (Wildman–Crippen LogP) is 3.25. The zero-order valence-corrected chi connectivity index (χ0v) is 9.94. The topological polar surface area (TPSA) is 22.1 Å². The number of methoxy groups -OCH3 is 1. The highest BCUT2D eigenvalue weighted by Crippen LogP contribution is 2.28. The summed E-state index contributed by atoms with van der Waals surface area (Å²) < 4.78 is 5.16. The fraction of sp³-hybridized carbons (Fsp3) is 0.267. The van der Waals surface area contributed by atoms with Crippen molar-refractivity contribution in [3.63, 3.8) is 0 Å². The van der Waals surface area contributed by atoms with Gasteiger partial charge in [0.1, 0.15) is 0 Å². The first-order valence-electron chi connectivity index (χ1n) is 5.99. The van der Waals surface area contributed by atoms with E-state index in [1.165, 1.54) is 41.5 Å². The van der Waals surface area contributed by atoms with Crippen molar-refractivity contribution in [2.45, 2.75) is 19.3 Å². The number of rotatable bonds is 2. The van der Waals surface area contributed by atoms with Crippen molar-refractivity contribution >= 4 is 0 Å². The lowest BCUT2D eigenvalue weighted by atomic mass is 10.0. The van der Waals surface area contributed by atoms with Crippen molar-refractivity contribution < 1.29 is 4.74 Å². The molecule has 3 rings (SSSR count). The molecule has 0 spiro atoms. The lowest BCUT2D eigenvalue weighted by Gasteiger charge is -2.06. The second-order valence-corrected chi connectivity index (χ2v) is 4.42. The number of ether oxygens (including phenoxy) is 1. The summed E-state index contributed by atoms with van der Waals surface area (Å²) in [5.74, 6) is 0.669. The molecule has 1 aromatic heterocycles. The fourth-order valence-electron chi connectivity index (χ4n) is 2.45. The van der Waals surface area contributed by atoms with E-state index >= 15 is 0 Å². The van der Waals surface area contributed by atoms with Crippen molar-refractivity contribution in [3.05, 3.63) is 47.7 Å². The van der Waals surface area contributed by atoms with E-state index in [9.17, 15) is 0 Å². The maximum atomic E-state index is 5.16. The molecule has 0 aliphatic heterocycles. The zero-order valence-electron chi connectivity index (χ0n) is 9.94. The van der Waals surface area contributed by atoms with Crippen molar-refractivity contribution in [1.29, 1.82) is 0 Å². The SMILES string of the molecule is COc1cc(-c2ccc3c(c2)CCC3)ccn1. The van der Waals surface area contributed by atoms with Gasteiger partial charge in [-0.05, 0) is 47.6 Å². The first-order chi connectivity index (χ1) is 8.36. The van der Waals surface area contributed by atoms with Crippen LogP contribution in [-0.4, -0.2) is 12.1 Å². The highest BCUT2D eigenvalue weighted by atomic mass is 16.5. The number of nitrogens with zero attached hydrogens (tertiary/aromatic N) is 1. The van der Waals surface area contributed by atoms with E-state index in [1.807, 2.05) is 12.1 Å². The minimum Gasteiger partial charge on any atom is -0.481 e. The average molecular weight is 225 g/mol. The third-order valence-corrected chi connectivity index (χ3v) is 3.38. The summed E-state index contributed by atoms with van der Waals surface area (Å²) in [6.45, 7) is 0. The molecule has 86 valence electrons. The van der Waals surface area contributed by atoms with Crippen molar-refractivity contribution in [2.24, 2.45) is 0 Å². The monoisotopic (exact) mass is 225 g/mol. The van der Waals surface area contributed by atoms with Gasteiger partial charge in [-0.1, -0.05) is 18.2 Å². The van der Waals surface area contributed by atoms with Crippen LogP contribution in [0.4, 0.5) is 0 Å². The number of aryl methyl sites for hydroxylation is 2. The molecule has 2 aromatic rings. The highest BCUT2D eigenvalue weighted by molar-refractivity contribution is 5.66. The third kappa shape index (κ3) is 1.91. The Kier molecular flexibility index (Phi) is 2.56. The molecule has 0 saturated heterocycles. The summed E-state index contributed by atoms with van der Waals surface area (Å²) in [5.41, 5.74) is 5.44. The van der Waals surface area contributed by atoms with Gasteiger partial charge in [0.15, 0.2) is 0 Å². The van der Waals surface area contributed by atoms with Crippen molar-refractivity contribution in [3.8, 4) is 17.0 Å². The molecule has 2 nitrogen and oxygen atoms in total. The number of hydrogen-bond donors (Lipinski definition) is 0. The van der Waals surface area contributed by atoms with Gasteiger partial charge >= 0.3 is 0 Å². The molecular weight excluding hydrogens is 210 g/mol. The maximum Gasteiger partial charge on any atom is 0.213 e. The molecule has 0 N–H and O–H groups in total. The molecule has 2 heteroatoms. The molecule has 0 fully saturated rings. The van der Waals surface area contributed by atoms with E-state index in [4.69, 9.17) is 4.74 Å². The molecular formula is C15H15NO. The van der Waals surface area contributed by atoms with Gasteiger partial charge in [0.05, 0.1) is 7.11 Å².